The Morgan fingerprint density at radius 2 is 1.54 bits per heavy atom. The first-order chi connectivity index (χ1) is 11.5. The summed E-state index contributed by atoms with van der Waals surface area (Å²) >= 11 is 0. The van der Waals surface area contributed by atoms with Gasteiger partial charge in [-0.1, -0.05) is 56.3 Å². The van der Waals surface area contributed by atoms with Crippen molar-refractivity contribution in [1.29, 1.82) is 0 Å². The highest BCUT2D eigenvalue weighted by Crippen LogP contribution is 2.19. The Morgan fingerprint density at radius 1 is 0.958 bits per heavy atom. The molecule has 0 saturated heterocycles. The molecule has 126 valence electrons. The van der Waals surface area contributed by atoms with Gasteiger partial charge >= 0.3 is 5.97 Å². The first kappa shape index (κ1) is 17.7. The molecule has 0 fully saturated rings. The molecule has 0 aromatic heterocycles. The van der Waals surface area contributed by atoms with Crippen molar-refractivity contribution in [2.45, 2.75) is 26.3 Å². The number of carbonyl (C=O) groups excluding carboxylic acids is 2. The van der Waals surface area contributed by atoms with Crippen molar-refractivity contribution in [1.82, 2.24) is 5.32 Å². The number of methoxy groups -OCH3 is 1. The van der Waals surface area contributed by atoms with Crippen LogP contribution in [0.15, 0.2) is 54.6 Å². The second-order valence-corrected chi connectivity index (χ2v) is 6.12. The topological polar surface area (TPSA) is 55.4 Å². The van der Waals surface area contributed by atoms with E-state index in [1.807, 2.05) is 56.3 Å². The van der Waals surface area contributed by atoms with E-state index in [0.29, 0.717) is 12.0 Å². The molecule has 0 aliphatic heterocycles. The standard InChI is InChI=1S/C20H23NO3/c1-14(2)13-18(20(23)24-3)21-19(22)17-11-9-16(10-12-17)15-7-5-4-6-8-15/h4-12,14,18H,13H2,1-3H3,(H,21,22). The summed E-state index contributed by atoms with van der Waals surface area (Å²) in [5.74, 6) is -0.418. The number of carbonyl (C=O) groups is 2. The maximum Gasteiger partial charge on any atom is 0.328 e. The predicted molar refractivity (Wildman–Crippen MR) is 94.6 cm³/mol. The van der Waals surface area contributed by atoms with Crippen LogP contribution in [0.25, 0.3) is 11.1 Å². The van der Waals surface area contributed by atoms with Gasteiger partial charge in [-0.25, -0.2) is 4.79 Å². The molecule has 2 aromatic rings. The summed E-state index contributed by atoms with van der Waals surface area (Å²) in [5.41, 5.74) is 2.66. The zero-order chi connectivity index (χ0) is 17.5. The van der Waals surface area contributed by atoms with Crippen LogP contribution in [0.3, 0.4) is 0 Å². The van der Waals surface area contributed by atoms with Crippen molar-refractivity contribution >= 4 is 11.9 Å². The Kier molecular flexibility index (Phi) is 6.13. The summed E-state index contributed by atoms with van der Waals surface area (Å²) in [6.45, 7) is 3.99. The molecule has 0 saturated carbocycles. The van der Waals surface area contributed by atoms with Crippen molar-refractivity contribution in [2.24, 2.45) is 5.92 Å². The third-order valence-corrected chi connectivity index (χ3v) is 3.75. The third kappa shape index (κ3) is 4.69. The van der Waals surface area contributed by atoms with Crippen LogP contribution in [0.5, 0.6) is 0 Å². The van der Waals surface area contributed by atoms with Gasteiger partial charge in [0.1, 0.15) is 6.04 Å². The highest BCUT2D eigenvalue weighted by Gasteiger charge is 2.23. The minimum absolute atomic E-state index is 0.273. The SMILES string of the molecule is COC(=O)C(CC(C)C)NC(=O)c1ccc(-c2ccccc2)cc1. The lowest BCUT2D eigenvalue weighted by Crippen LogP contribution is -2.42. The molecule has 2 aromatic carbocycles. The van der Waals surface area contributed by atoms with Gasteiger partial charge in [-0.15, -0.1) is 0 Å². The molecule has 1 N–H and O–H groups in total. The van der Waals surface area contributed by atoms with Gasteiger partial charge in [0, 0.05) is 5.56 Å². The third-order valence-electron chi connectivity index (χ3n) is 3.75. The fourth-order valence-corrected chi connectivity index (χ4v) is 2.51. The maximum atomic E-state index is 12.4. The van der Waals surface area contributed by atoms with Gasteiger partial charge in [-0.2, -0.15) is 0 Å². The number of esters is 1. The molecule has 0 radical (unpaired) electrons. The Morgan fingerprint density at radius 3 is 2.08 bits per heavy atom. The first-order valence-electron chi connectivity index (χ1n) is 8.05. The molecule has 1 atom stereocenters. The molecule has 4 heteroatoms. The van der Waals surface area contributed by atoms with E-state index in [9.17, 15) is 9.59 Å². The minimum Gasteiger partial charge on any atom is -0.467 e. The summed E-state index contributed by atoms with van der Waals surface area (Å²) in [7, 11) is 1.33. The van der Waals surface area contributed by atoms with Crippen LogP contribution in [0.4, 0.5) is 0 Å². The molecule has 0 spiro atoms. The molecule has 0 bridgehead atoms. The molecule has 4 nitrogen and oxygen atoms in total. The Labute approximate surface area is 142 Å². The van der Waals surface area contributed by atoms with Gasteiger partial charge in [0.2, 0.25) is 0 Å². The second kappa shape index (κ2) is 8.29. The largest absolute Gasteiger partial charge is 0.467 e. The molecular formula is C20H23NO3. The van der Waals surface area contributed by atoms with Crippen molar-refractivity contribution < 1.29 is 14.3 Å². The number of hydrogen-bond donors (Lipinski definition) is 1. The van der Waals surface area contributed by atoms with Crippen LogP contribution in [-0.4, -0.2) is 25.0 Å². The monoisotopic (exact) mass is 325 g/mol. The molecule has 0 heterocycles. The van der Waals surface area contributed by atoms with E-state index >= 15 is 0 Å². The maximum absolute atomic E-state index is 12.4. The van der Waals surface area contributed by atoms with Crippen molar-refractivity contribution in [3.8, 4) is 11.1 Å². The first-order valence-corrected chi connectivity index (χ1v) is 8.05. The van der Waals surface area contributed by atoms with E-state index in [1.54, 1.807) is 12.1 Å². The summed E-state index contributed by atoms with van der Waals surface area (Å²) in [6.07, 6.45) is 0.542. The lowest BCUT2D eigenvalue weighted by Gasteiger charge is -2.18. The van der Waals surface area contributed by atoms with Crippen LogP contribution in [0.2, 0.25) is 0 Å². The summed E-state index contributed by atoms with van der Waals surface area (Å²) in [4.78, 5) is 24.2. The normalized spacial score (nSPS) is 11.8. The number of ether oxygens (including phenoxy) is 1. The Balaban J connectivity index is 2.10. The number of benzene rings is 2. The van der Waals surface area contributed by atoms with Crippen LogP contribution < -0.4 is 5.32 Å². The zero-order valence-electron chi connectivity index (χ0n) is 14.3. The summed E-state index contributed by atoms with van der Waals surface area (Å²) in [5, 5.41) is 2.76. The van der Waals surface area contributed by atoms with E-state index in [0.717, 1.165) is 11.1 Å². The van der Waals surface area contributed by atoms with E-state index < -0.39 is 12.0 Å². The number of amides is 1. The summed E-state index contributed by atoms with van der Waals surface area (Å²) < 4.78 is 4.77. The van der Waals surface area contributed by atoms with Gasteiger partial charge in [0.25, 0.3) is 5.91 Å². The van der Waals surface area contributed by atoms with Crippen LogP contribution in [0.1, 0.15) is 30.6 Å². The molecule has 2 rings (SSSR count). The van der Waals surface area contributed by atoms with Crippen LogP contribution in [0, 0.1) is 5.92 Å². The van der Waals surface area contributed by atoms with Gasteiger partial charge in [0.05, 0.1) is 7.11 Å². The van der Waals surface area contributed by atoms with Crippen molar-refractivity contribution in [3.63, 3.8) is 0 Å². The fraction of sp³-hybridized carbons (Fsp3) is 0.300. The van der Waals surface area contributed by atoms with E-state index in [-0.39, 0.29) is 11.8 Å². The molecule has 24 heavy (non-hydrogen) atoms. The van der Waals surface area contributed by atoms with Gasteiger partial charge in [-0.3, -0.25) is 4.79 Å². The molecular weight excluding hydrogens is 302 g/mol. The number of hydrogen-bond acceptors (Lipinski definition) is 3. The van der Waals surface area contributed by atoms with E-state index in [2.05, 4.69) is 5.32 Å². The highest BCUT2D eigenvalue weighted by molar-refractivity contribution is 5.97. The molecule has 0 aliphatic rings. The molecule has 1 amide bonds. The van der Waals surface area contributed by atoms with Crippen molar-refractivity contribution in [2.75, 3.05) is 7.11 Å². The Bertz CT molecular complexity index is 678. The number of nitrogens with one attached hydrogen (secondary N) is 1. The average Bonchev–Trinajstić information content (AvgIpc) is 2.61. The Hall–Kier alpha value is -2.62. The lowest BCUT2D eigenvalue weighted by molar-refractivity contribution is -0.143. The lowest BCUT2D eigenvalue weighted by atomic mass is 10.0. The second-order valence-electron chi connectivity index (χ2n) is 6.12. The average molecular weight is 325 g/mol. The van der Waals surface area contributed by atoms with Gasteiger partial charge < -0.3 is 10.1 Å². The van der Waals surface area contributed by atoms with Crippen LogP contribution in [-0.2, 0) is 9.53 Å². The minimum atomic E-state index is -0.628. The highest BCUT2D eigenvalue weighted by atomic mass is 16.5. The van der Waals surface area contributed by atoms with E-state index in [4.69, 9.17) is 4.74 Å². The quantitative estimate of drug-likeness (QED) is 0.825. The van der Waals surface area contributed by atoms with E-state index in [1.165, 1.54) is 7.11 Å². The zero-order valence-corrected chi connectivity index (χ0v) is 14.3. The predicted octanol–water partition coefficient (Wildman–Crippen LogP) is 3.67. The van der Waals surface area contributed by atoms with Crippen LogP contribution >= 0.6 is 0 Å². The van der Waals surface area contributed by atoms with Gasteiger partial charge in [0.15, 0.2) is 0 Å². The number of rotatable bonds is 6. The molecule has 0 aliphatic carbocycles. The molecule has 1 unspecified atom stereocenters. The smallest absolute Gasteiger partial charge is 0.328 e. The summed E-state index contributed by atoms with van der Waals surface area (Å²) in [6, 6.07) is 16.7. The van der Waals surface area contributed by atoms with Gasteiger partial charge in [-0.05, 0) is 35.6 Å². The fourth-order valence-electron chi connectivity index (χ4n) is 2.51. The van der Waals surface area contributed by atoms with Crippen molar-refractivity contribution in [3.05, 3.63) is 60.2 Å².